The van der Waals surface area contributed by atoms with E-state index in [-0.39, 0.29) is 18.4 Å². The first-order valence-electron chi connectivity index (χ1n) is 14.1. The highest BCUT2D eigenvalue weighted by Crippen LogP contribution is 2.49. The number of benzene rings is 1. The van der Waals surface area contributed by atoms with Gasteiger partial charge in [0.1, 0.15) is 29.2 Å². The lowest BCUT2D eigenvalue weighted by atomic mass is 9.82. The number of methoxy groups -OCH3 is 1. The summed E-state index contributed by atoms with van der Waals surface area (Å²) in [5.74, 6) is 0.372. The molecule has 10 nitrogen and oxygen atoms in total. The van der Waals surface area contributed by atoms with Gasteiger partial charge < -0.3 is 26.3 Å². The molecule has 11 heteroatoms. The maximum absolute atomic E-state index is 13.4. The molecule has 3 heterocycles. The summed E-state index contributed by atoms with van der Waals surface area (Å²) in [5.41, 5.74) is 15.2. The number of primary amides is 1. The van der Waals surface area contributed by atoms with Gasteiger partial charge in [-0.2, -0.15) is 0 Å². The van der Waals surface area contributed by atoms with E-state index < -0.39 is 11.3 Å². The van der Waals surface area contributed by atoms with E-state index in [9.17, 15) is 9.59 Å². The predicted octanol–water partition coefficient (Wildman–Crippen LogP) is 4.03. The Morgan fingerprint density at radius 1 is 1.29 bits per heavy atom. The highest BCUT2D eigenvalue weighted by molar-refractivity contribution is 6.33. The summed E-state index contributed by atoms with van der Waals surface area (Å²) in [5, 5.41) is 3.51. The molecule has 3 aliphatic rings. The average molecular weight is 589 g/mol. The molecule has 1 aliphatic heterocycles. The number of pyridine rings is 2. The van der Waals surface area contributed by atoms with Gasteiger partial charge in [0.05, 0.1) is 23.9 Å². The Balaban J connectivity index is 1.33. The molecule has 2 amide bonds. The molecule has 42 heavy (non-hydrogen) atoms. The van der Waals surface area contributed by atoms with Crippen LogP contribution in [0.15, 0.2) is 41.7 Å². The maximum Gasteiger partial charge on any atom is 0.251 e. The van der Waals surface area contributed by atoms with Crippen LogP contribution in [0.5, 0.6) is 11.5 Å². The van der Waals surface area contributed by atoms with Crippen LogP contribution in [0.3, 0.4) is 0 Å². The second kappa shape index (κ2) is 10.9. The molecule has 1 aromatic carbocycles. The Labute approximate surface area is 248 Å². The number of ether oxygens (including phenoxy) is 2. The van der Waals surface area contributed by atoms with E-state index in [1.807, 2.05) is 6.07 Å². The van der Waals surface area contributed by atoms with E-state index in [4.69, 9.17) is 37.5 Å². The van der Waals surface area contributed by atoms with Crippen LogP contribution in [0.4, 0.5) is 5.69 Å². The van der Waals surface area contributed by atoms with Crippen LogP contribution in [0.2, 0.25) is 5.02 Å². The molecule has 6 rings (SSSR count). The minimum atomic E-state index is -1.03. The smallest absolute Gasteiger partial charge is 0.251 e. The number of nitrogen functional groups attached to an aromatic ring is 1. The van der Waals surface area contributed by atoms with Gasteiger partial charge in [0, 0.05) is 59.0 Å². The molecule has 5 N–H and O–H groups in total. The number of anilines is 1. The van der Waals surface area contributed by atoms with Gasteiger partial charge in [-0.05, 0) is 62.8 Å². The van der Waals surface area contributed by atoms with Gasteiger partial charge in [-0.25, -0.2) is 4.98 Å². The van der Waals surface area contributed by atoms with Gasteiger partial charge in [-0.1, -0.05) is 11.6 Å². The normalized spacial score (nSPS) is 20.2. The first-order valence-corrected chi connectivity index (χ1v) is 14.4. The summed E-state index contributed by atoms with van der Waals surface area (Å²) in [6.07, 6.45) is 9.03. The van der Waals surface area contributed by atoms with Gasteiger partial charge in [-0.3, -0.25) is 19.6 Å². The summed E-state index contributed by atoms with van der Waals surface area (Å²) < 4.78 is 11.5. The zero-order chi connectivity index (χ0) is 29.6. The van der Waals surface area contributed by atoms with Crippen molar-refractivity contribution in [3.8, 4) is 22.8 Å². The number of nitrogens with zero attached hydrogens (tertiary/aromatic N) is 3. The first kappa shape index (κ1) is 28.0. The number of rotatable bonds is 10. The van der Waals surface area contributed by atoms with Crippen LogP contribution >= 0.6 is 11.6 Å². The largest absolute Gasteiger partial charge is 0.495 e. The number of hydrogen-bond donors (Lipinski definition) is 3. The summed E-state index contributed by atoms with van der Waals surface area (Å²) in [7, 11) is 1.52. The molecular formula is C31H33ClN6O4. The number of aliphatic imine (C=N–C) groups is 1. The summed E-state index contributed by atoms with van der Waals surface area (Å²) in [6.45, 7) is 2.22. The molecule has 0 bridgehead atoms. The zero-order valence-electron chi connectivity index (χ0n) is 23.5. The highest BCUT2D eigenvalue weighted by atomic mass is 35.5. The molecule has 0 spiro atoms. The number of aromatic nitrogens is 2. The SMILES string of the molecule is COc1cc(C(=O)NC[C@H](c2cc3c(c(-c4ccncc4Cl)n2)OC[C@]3(C)C(N)=O)C2CC2)cc(C=NC2CC2)c1N. The van der Waals surface area contributed by atoms with Gasteiger partial charge >= 0.3 is 0 Å². The second-order valence-corrected chi connectivity index (χ2v) is 11.9. The van der Waals surface area contributed by atoms with E-state index in [0.29, 0.717) is 68.7 Å². The van der Waals surface area contributed by atoms with E-state index in [0.717, 1.165) is 31.4 Å². The number of carbonyl (C=O) groups excluding carboxylic acids is 2. The van der Waals surface area contributed by atoms with E-state index in [1.54, 1.807) is 43.7 Å². The molecular weight excluding hydrogens is 556 g/mol. The summed E-state index contributed by atoms with van der Waals surface area (Å²) >= 11 is 6.53. The van der Waals surface area contributed by atoms with Crippen molar-refractivity contribution >= 4 is 35.3 Å². The lowest BCUT2D eigenvalue weighted by molar-refractivity contribution is -0.123. The van der Waals surface area contributed by atoms with Crippen LogP contribution in [0, 0.1) is 5.92 Å². The first-order chi connectivity index (χ1) is 20.2. The minimum Gasteiger partial charge on any atom is -0.495 e. The standard InChI is InChI=1S/C31H33ClN6O4/c1-31(30(34)40)15-42-28-22(31)11-24(38-27(28)20-7-8-35-14-23(20)32)21(16-3-4-16)13-37-29(39)17-9-18(12-36-19-5-6-19)26(33)25(10-17)41-2/h7-12,14,16,19,21H,3-6,13,15,33H2,1-2H3,(H2,34,40)(H,37,39)/t21-,31-/m0/s1. The molecule has 2 fully saturated rings. The van der Waals surface area contributed by atoms with Gasteiger partial charge in [0.2, 0.25) is 5.91 Å². The van der Waals surface area contributed by atoms with Crippen molar-refractivity contribution in [2.45, 2.75) is 50.0 Å². The van der Waals surface area contributed by atoms with Crippen molar-refractivity contribution in [2.24, 2.45) is 16.6 Å². The highest BCUT2D eigenvalue weighted by Gasteiger charge is 2.45. The zero-order valence-corrected chi connectivity index (χ0v) is 24.3. The number of nitrogens with one attached hydrogen (secondary N) is 1. The van der Waals surface area contributed by atoms with E-state index in [2.05, 4.69) is 15.3 Å². The number of hydrogen-bond acceptors (Lipinski definition) is 8. The fourth-order valence-electron chi connectivity index (χ4n) is 5.33. The summed E-state index contributed by atoms with van der Waals surface area (Å²) in [6, 6.07) is 7.36. The Morgan fingerprint density at radius 2 is 2.07 bits per heavy atom. The third kappa shape index (κ3) is 5.27. The predicted molar refractivity (Wildman–Crippen MR) is 160 cm³/mol. The number of fused-ring (bicyclic) bond motifs is 1. The number of nitrogens with two attached hydrogens (primary N) is 2. The quantitative estimate of drug-likeness (QED) is 0.238. The molecule has 0 saturated heterocycles. The molecule has 0 unspecified atom stereocenters. The van der Waals surface area contributed by atoms with Crippen LogP contribution in [0.1, 0.15) is 65.7 Å². The maximum atomic E-state index is 13.4. The van der Waals surface area contributed by atoms with Crippen LogP contribution in [0.25, 0.3) is 11.3 Å². The van der Waals surface area contributed by atoms with Gasteiger partial charge in [0.25, 0.3) is 5.91 Å². The number of halogens is 1. The fourth-order valence-corrected chi connectivity index (χ4v) is 5.54. The van der Waals surface area contributed by atoms with E-state index in [1.165, 1.54) is 7.11 Å². The van der Waals surface area contributed by atoms with Crippen molar-refractivity contribution < 1.29 is 19.1 Å². The fraction of sp³-hybridized carbons (Fsp3) is 0.387. The Kier molecular flexibility index (Phi) is 7.26. The van der Waals surface area contributed by atoms with Crippen LogP contribution < -0.4 is 26.3 Å². The third-order valence-electron chi connectivity index (χ3n) is 8.34. The molecule has 2 atom stereocenters. The van der Waals surface area contributed by atoms with Gasteiger partial charge in [0.15, 0.2) is 0 Å². The minimum absolute atomic E-state index is 0.106. The molecule has 2 saturated carbocycles. The van der Waals surface area contributed by atoms with Crippen molar-refractivity contribution in [3.05, 3.63) is 64.1 Å². The average Bonchev–Trinajstić information content (AvgIpc) is 3.92. The molecule has 0 radical (unpaired) electrons. The Morgan fingerprint density at radius 3 is 2.74 bits per heavy atom. The van der Waals surface area contributed by atoms with E-state index >= 15 is 0 Å². The monoisotopic (exact) mass is 588 g/mol. The lowest BCUT2D eigenvalue weighted by Gasteiger charge is -2.22. The molecule has 3 aromatic rings. The van der Waals surface area contributed by atoms with Crippen LogP contribution in [-0.2, 0) is 10.2 Å². The summed E-state index contributed by atoms with van der Waals surface area (Å²) in [4.78, 5) is 39.7. The number of amides is 2. The van der Waals surface area contributed by atoms with Crippen molar-refractivity contribution in [1.29, 1.82) is 0 Å². The van der Waals surface area contributed by atoms with Crippen LogP contribution in [-0.4, -0.2) is 54.3 Å². The molecule has 2 aliphatic carbocycles. The molecule has 218 valence electrons. The topological polar surface area (TPSA) is 155 Å². The molecule has 2 aromatic heterocycles. The third-order valence-corrected chi connectivity index (χ3v) is 8.65. The Hall–Kier alpha value is -4.18. The van der Waals surface area contributed by atoms with Gasteiger partial charge in [-0.15, -0.1) is 0 Å². The second-order valence-electron chi connectivity index (χ2n) is 11.5. The van der Waals surface area contributed by atoms with Crippen molar-refractivity contribution in [3.63, 3.8) is 0 Å². The Bertz CT molecular complexity index is 1600. The number of carbonyl (C=O) groups is 2. The van der Waals surface area contributed by atoms with Crippen molar-refractivity contribution in [2.75, 3.05) is 26.0 Å². The lowest BCUT2D eigenvalue weighted by Crippen LogP contribution is -2.40. The van der Waals surface area contributed by atoms with Crippen molar-refractivity contribution in [1.82, 2.24) is 15.3 Å².